The molecule has 0 bridgehead atoms. The fourth-order valence-corrected chi connectivity index (χ4v) is 2.35. The number of allylic oxidation sites excluding steroid dienone is 2. The molecule has 3 heteroatoms. The van der Waals surface area contributed by atoms with E-state index in [4.69, 9.17) is 0 Å². The van der Waals surface area contributed by atoms with Gasteiger partial charge in [0.25, 0.3) is 0 Å². The van der Waals surface area contributed by atoms with Gasteiger partial charge >= 0.3 is 0 Å². The van der Waals surface area contributed by atoms with Crippen molar-refractivity contribution in [3.05, 3.63) is 84.0 Å². The highest BCUT2D eigenvalue weighted by Crippen LogP contribution is 2.35. The molecule has 0 atom stereocenters. The minimum Gasteiger partial charge on any atom is -0.338 e. The average Bonchev–Trinajstić information content (AvgIpc) is 2.56. The van der Waals surface area contributed by atoms with Crippen LogP contribution in [0.1, 0.15) is 12.5 Å². The van der Waals surface area contributed by atoms with Crippen molar-refractivity contribution in [3.8, 4) is 0 Å². The summed E-state index contributed by atoms with van der Waals surface area (Å²) in [5, 5.41) is 1.02. The zero-order valence-electron chi connectivity index (χ0n) is 13.3. The summed E-state index contributed by atoms with van der Waals surface area (Å²) in [5.41, 5.74) is 8.05. The second-order valence-electron chi connectivity index (χ2n) is 4.89. The third-order valence-corrected chi connectivity index (χ3v) is 4.26. The van der Waals surface area contributed by atoms with Crippen molar-refractivity contribution in [2.45, 2.75) is 6.92 Å². The fourth-order valence-electron chi connectivity index (χ4n) is 2.19. The van der Waals surface area contributed by atoms with Gasteiger partial charge in [0.1, 0.15) is 0 Å². The molecule has 1 aromatic rings. The lowest BCUT2D eigenvalue weighted by molar-refractivity contribution is 0.550. The van der Waals surface area contributed by atoms with Crippen LogP contribution in [0.4, 0.5) is 0 Å². The first-order chi connectivity index (χ1) is 10.6. The molecule has 1 aromatic carbocycles. The van der Waals surface area contributed by atoms with Crippen LogP contribution in [-0.4, -0.2) is 23.2 Å². The summed E-state index contributed by atoms with van der Waals surface area (Å²) >= 11 is 1.63. The number of hydrogen-bond donors (Lipinski definition) is 0. The molecule has 22 heavy (non-hydrogen) atoms. The maximum Gasteiger partial charge on any atom is 0.0915 e. The number of aliphatic imine (C=N–C) groups is 1. The van der Waals surface area contributed by atoms with Crippen molar-refractivity contribution in [3.63, 3.8) is 0 Å². The monoisotopic (exact) mass is 308 g/mol. The van der Waals surface area contributed by atoms with Crippen molar-refractivity contribution in [2.24, 2.45) is 4.99 Å². The summed E-state index contributed by atoms with van der Waals surface area (Å²) in [5.74, 6) is 0. The van der Waals surface area contributed by atoms with Crippen LogP contribution in [0.15, 0.2) is 83.5 Å². The molecular formula is C19H20N2S. The Labute approximate surface area is 137 Å². The van der Waals surface area contributed by atoms with Crippen molar-refractivity contribution in [1.29, 1.82) is 0 Å². The lowest BCUT2D eigenvalue weighted by atomic mass is 9.94. The number of rotatable bonds is 2. The number of likely N-dealkylation sites (N-methyl/N-ethyl adjacent to an activating group) is 1. The van der Waals surface area contributed by atoms with E-state index in [0.717, 1.165) is 33.1 Å². The van der Waals surface area contributed by atoms with Gasteiger partial charge in [-0.1, -0.05) is 43.5 Å². The van der Waals surface area contributed by atoms with Gasteiger partial charge in [0.2, 0.25) is 0 Å². The van der Waals surface area contributed by atoms with E-state index in [1.165, 1.54) is 0 Å². The lowest BCUT2D eigenvalue weighted by Gasteiger charge is -2.30. The molecule has 0 spiro atoms. The Morgan fingerprint density at radius 3 is 2.59 bits per heavy atom. The lowest BCUT2D eigenvalue weighted by Crippen LogP contribution is -2.22. The minimum atomic E-state index is 0.892. The Morgan fingerprint density at radius 2 is 2.00 bits per heavy atom. The van der Waals surface area contributed by atoms with Crippen molar-refractivity contribution >= 4 is 22.4 Å². The van der Waals surface area contributed by atoms with Gasteiger partial charge in [-0.2, -0.15) is 0 Å². The summed E-state index contributed by atoms with van der Waals surface area (Å²) in [7, 11) is 1.98. The number of benzene rings is 1. The number of nitrogens with zero attached hydrogens (tertiary/aromatic N) is 2. The van der Waals surface area contributed by atoms with Gasteiger partial charge in [0.15, 0.2) is 0 Å². The number of thioether (sulfide) groups is 1. The first-order valence-corrected chi connectivity index (χ1v) is 8.20. The van der Waals surface area contributed by atoms with E-state index >= 15 is 0 Å². The highest BCUT2D eigenvalue weighted by Gasteiger charge is 2.22. The standard InChI is InChI=1S/C19H20N2S/c1-6-19-18(16-10-8-7-9-11-16)12-17(14(2)21(19)4)13-20-15(3)22-5/h7-13H,1-2H2,3-5H3/b17-13-,20-15?. The molecular weight excluding hydrogens is 288 g/mol. The van der Waals surface area contributed by atoms with E-state index in [0.29, 0.717) is 0 Å². The summed E-state index contributed by atoms with van der Waals surface area (Å²) < 4.78 is 0. The van der Waals surface area contributed by atoms with Crippen LogP contribution in [0.3, 0.4) is 0 Å². The first-order valence-electron chi connectivity index (χ1n) is 6.97. The van der Waals surface area contributed by atoms with Crippen LogP contribution in [0, 0.1) is 0 Å². The highest BCUT2D eigenvalue weighted by atomic mass is 32.2. The molecule has 0 saturated heterocycles. The van der Waals surface area contributed by atoms with Crippen LogP contribution in [0.5, 0.6) is 0 Å². The predicted octanol–water partition coefficient (Wildman–Crippen LogP) is 4.86. The Hall–Kier alpha value is -2.22. The van der Waals surface area contributed by atoms with Crippen LogP contribution in [0.2, 0.25) is 0 Å². The smallest absolute Gasteiger partial charge is 0.0915 e. The Kier molecular flexibility index (Phi) is 5.26. The van der Waals surface area contributed by atoms with Gasteiger partial charge in [-0.15, -0.1) is 17.5 Å². The molecule has 1 aliphatic rings. The van der Waals surface area contributed by atoms with Crippen LogP contribution >= 0.6 is 11.8 Å². The maximum absolute atomic E-state index is 4.47. The zero-order valence-corrected chi connectivity index (χ0v) is 14.1. The Morgan fingerprint density at radius 1 is 1.32 bits per heavy atom. The van der Waals surface area contributed by atoms with E-state index in [1.807, 2.05) is 49.5 Å². The van der Waals surface area contributed by atoms with E-state index in [-0.39, 0.29) is 0 Å². The Bertz CT molecular complexity index is 717. The normalized spacial score (nSPS) is 17.6. The topological polar surface area (TPSA) is 15.6 Å². The average molecular weight is 308 g/mol. The first kappa shape index (κ1) is 16.2. The molecule has 2 nitrogen and oxygen atoms in total. The van der Waals surface area contributed by atoms with E-state index in [1.54, 1.807) is 11.8 Å². The van der Waals surface area contributed by atoms with Crippen molar-refractivity contribution in [2.75, 3.05) is 13.3 Å². The molecule has 1 aliphatic heterocycles. The molecule has 0 fully saturated rings. The van der Waals surface area contributed by atoms with E-state index < -0.39 is 0 Å². The highest BCUT2D eigenvalue weighted by molar-refractivity contribution is 8.13. The fraction of sp³-hybridized carbons (Fsp3) is 0.158. The van der Waals surface area contributed by atoms with Crippen LogP contribution in [-0.2, 0) is 0 Å². The quantitative estimate of drug-likeness (QED) is 0.440. The maximum atomic E-state index is 4.47. The largest absolute Gasteiger partial charge is 0.338 e. The third-order valence-electron chi connectivity index (χ3n) is 3.56. The van der Waals surface area contributed by atoms with E-state index in [2.05, 4.69) is 42.1 Å². The Balaban J connectivity index is 2.57. The van der Waals surface area contributed by atoms with Gasteiger partial charge in [-0.3, -0.25) is 4.99 Å². The van der Waals surface area contributed by atoms with E-state index in [9.17, 15) is 0 Å². The molecule has 112 valence electrons. The van der Waals surface area contributed by atoms with Crippen LogP contribution < -0.4 is 0 Å². The van der Waals surface area contributed by atoms with Crippen molar-refractivity contribution < 1.29 is 0 Å². The second-order valence-corrected chi connectivity index (χ2v) is 5.89. The molecule has 0 aliphatic carbocycles. The molecule has 0 saturated carbocycles. The van der Waals surface area contributed by atoms with Gasteiger partial charge < -0.3 is 4.90 Å². The van der Waals surface area contributed by atoms with Gasteiger partial charge in [0.05, 0.1) is 10.7 Å². The summed E-state index contributed by atoms with van der Waals surface area (Å²) in [4.78, 5) is 6.48. The number of hydrogen-bond acceptors (Lipinski definition) is 3. The molecule has 2 rings (SSSR count). The molecule has 1 heterocycles. The predicted molar refractivity (Wildman–Crippen MR) is 98.7 cm³/mol. The summed E-state index contributed by atoms with van der Waals surface area (Å²) in [6.07, 6.45) is 5.98. The molecule has 0 aromatic heterocycles. The molecule has 0 amide bonds. The summed E-state index contributed by atoms with van der Waals surface area (Å²) in [6.45, 7) is 9.97. The zero-order chi connectivity index (χ0) is 16.1. The van der Waals surface area contributed by atoms with Crippen molar-refractivity contribution in [1.82, 2.24) is 4.90 Å². The van der Waals surface area contributed by atoms with Crippen LogP contribution in [0.25, 0.3) is 5.57 Å². The van der Waals surface area contributed by atoms with Gasteiger partial charge in [-0.05, 0) is 24.8 Å². The third kappa shape index (κ3) is 3.33. The SMILES string of the molecule is C=C=C1C(c2ccccc2)=C/C(=C/N=C(C)SC)C(=C)N1C. The van der Waals surface area contributed by atoms with Gasteiger partial charge in [-0.25, -0.2) is 0 Å². The molecule has 0 N–H and O–H groups in total. The second kappa shape index (κ2) is 7.17. The minimum absolute atomic E-state index is 0.892. The molecule has 0 radical (unpaired) electrons. The summed E-state index contributed by atoms with van der Waals surface area (Å²) in [6, 6.07) is 10.2. The molecule has 0 unspecified atom stereocenters. The van der Waals surface area contributed by atoms with Gasteiger partial charge in [0, 0.05) is 30.1 Å².